The minimum Gasteiger partial charge on any atom is -0.303 e. The van der Waals surface area contributed by atoms with Crippen LogP contribution in [-0.2, 0) is 0 Å². The summed E-state index contributed by atoms with van der Waals surface area (Å²) in [6.07, 6.45) is 6.80. The second-order valence-electron chi connectivity index (χ2n) is 5.74. The molecule has 0 aromatic rings. The summed E-state index contributed by atoms with van der Waals surface area (Å²) >= 11 is 0. The van der Waals surface area contributed by atoms with Gasteiger partial charge in [-0.25, -0.2) is 0 Å². The van der Waals surface area contributed by atoms with E-state index >= 15 is 0 Å². The van der Waals surface area contributed by atoms with Gasteiger partial charge in [0.1, 0.15) is 0 Å². The fraction of sp³-hybridized carbons (Fsp3) is 1.00. The van der Waals surface area contributed by atoms with Gasteiger partial charge in [0.25, 0.3) is 0 Å². The minimum atomic E-state index is 0.197. The molecule has 2 heterocycles. The quantitative estimate of drug-likeness (QED) is 0.768. The second kappa shape index (κ2) is 5.03. The van der Waals surface area contributed by atoms with Crippen molar-refractivity contribution in [3.05, 3.63) is 0 Å². The van der Waals surface area contributed by atoms with Crippen molar-refractivity contribution in [2.24, 2.45) is 0 Å². The molecule has 2 saturated heterocycles. The molecular weight excluding hydrogens is 198 g/mol. The van der Waals surface area contributed by atoms with Crippen molar-refractivity contribution >= 4 is 0 Å². The molecule has 2 fully saturated rings. The summed E-state index contributed by atoms with van der Waals surface area (Å²) in [6, 6.07) is 0.652. The maximum Gasteiger partial charge on any atom is 0.0843 e. The van der Waals surface area contributed by atoms with Gasteiger partial charge in [-0.2, -0.15) is 0 Å². The standard InChI is InChI=1S/C13H27N3/c1-13(16-10-5-4-6-11-16)12(15(2)3)8-7-9-14-13/h12,14H,4-11H2,1-3H3. The Morgan fingerprint density at radius 2 is 1.81 bits per heavy atom. The van der Waals surface area contributed by atoms with E-state index in [1.165, 1.54) is 51.7 Å². The number of hydrogen-bond donors (Lipinski definition) is 1. The molecule has 2 atom stereocenters. The van der Waals surface area contributed by atoms with Crippen LogP contribution in [0.15, 0.2) is 0 Å². The Hall–Kier alpha value is -0.120. The molecule has 3 heteroatoms. The van der Waals surface area contributed by atoms with Crippen molar-refractivity contribution in [2.75, 3.05) is 33.7 Å². The van der Waals surface area contributed by atoms with Gasteiger partial charge < -0.3 is 4.90 Å². The number of nitrogens with one attached hydrogen (secondary N) is 1. The zero-order chi connectivity index (χ0) is 11.6. The first-order valence-electron chi connectivity index (χ1n) is 6.81. The monoisotopic (exact) mass is 225 g/mol. The summed E-state index contributed by atoms with van der Waals surface area (Å²) in [5.74, 6) is 0. The van der Waals surface area contributed by atoms with Crippen LogP contribution < -0.4 is 5.32 Å². The highest BCUT2D eigenvalue weighted by atomic mass is 15.4. The van der Waals surface area contributed by atoms with Gasteiger partial charge in [-0.3, -0.25) is 10.2 Å². The van der Waals surface area contributed by atoms with E-state index in [4.69, 9.17) is 0 Å². The molecule has 0 radical (unpaired) electrons. The molecule has 0 saturated carbocycles. The zero-order valence-electron chi connectivity index (χ0n) is 11.1. The molecule has 2 unspecified atom stereocenters. The Balaban J connectivity index is 2.11. The number of nitrogens with zero attached hydrogens (tertiary/aromatic N) is 2. The van der Waals surface area contributed by atoms with Crippen molar-refractivity contribution < 1.29 is 0 Å². The molecule has 94 valence electrons. The predicted molar refractivity (Wildman–Crippen MR) is 68.5 cm³/mol. The van der Waals surface area contributed by atoms with Crippen molar-refractivity contribution in [2.45, 2.75) is 50.7 Å². The molecule has 0 aromatic carbocycles. The van der Waals surface area contributed by atoms with Crippen LogP contribution in [0.2, 0.25) is 0 Å². The number of hydrogen-bond acceptors (Lipinski definition) is 3. The molecule has 0 aromatic heterocycles. The van der Waals surface area contributed by atoms with Crippen LogP contribution in [0.1, 0.15) is 39.0 Å². The molecule has 0 amide bonds. The number of likely N-dealkylation sites (N-methyl/N-ethyl adjacent to an activating group) is 1. The average Bonchev–Trinajstić information content (AvgIpc) is 2.30. The lowest BCUT2D eigenvalue weighted by Crippen LogP contribution is -2.69. The summed E-state index contributed by atoms with van der Waals surface area (Å²) in [4.78, 5) is 5.08. The fourth-order valence-electron chi connectivity index (χ4n) is 3.48. The van der Waals surface area contributed by atoms with Crippen molar-refractivity contribution in [1.29, 1.82) is 0 Å². The van der Waals surface area contributed by atoms with Crippen molar-refractivity contribution in [3.8, 4) is 0 Å². The van der Waals surface area contributed by atoms with E-state index in [1.54, 1.807) is 0 Å². The molecule has 16 heavy (non-hydrogen) atoms. The van der Waals surface area contributed by atoms with E-state index in [1.807, 2.05) is 0 Å². The lowest BCUT2D eigenvalue weighted by atomic mass is 9.89. The highest BCUT2D eigenvalue weighted by Gasteiger charge is 2.42. The molecule has 3 nitrogen and oxygen atoms in total. The lowest BCUT2D eigenvalue weighted by Gasteiger charge is -2.53. The summed E-state index contributed by atoms with van der Waals surface area (Å²) < 4.78 is 0. The molecule has 0 aliphatic carbocycles. The van der Waals surface area contributed by atoms with E-state index < -0.39 is 0 Å². The topological polar surface area (TPSA) is 18.5 Å². The largest absolute Gasteiger partial charge is 0.303 e. The van der Waals surface area contributed by atoms with Crippen molar-refractivity contribution in [3.63, 3.8) is 0 Å². The van der Waals surface area contributed by atoms with Gasteiger partial charge in [0.15, 0.2) is 0 Å². The summed E-state index contributed by atoms with van der Waals surface area (Å²) in [7, 11) is 4.44. The molecule has 0 bridgehead atoms. The van der Waals surface area contributed by atoms with Gasteiger partial charge in [-0.05, 0) is 66.3 Å². The van der Waals surface area contributed by atoms with Crippen LogP contribution in [0.3, 0.4) is 0 Å². The Kier molecular flexibility index (Phi) is 3.88. The highest BCUT2D eigenvalue weighted by molar-refractivity contribution is 4.98. The van der Waals surface area contributed by atoms with E-state index in [9.17, 15) is 0 Å². The van der Waals surface area contributed by atoms with Crippen LogP contribution in [0.25, 0.3) is 0 Å². The second-order valence-corrected chi connectivity index (χ2v) is 5.74. The minimum absolute atomic E-state index is 0.197. The van der Waals surface area contributed by atoms with Gasteiger partial charge in [0.2, 0.25) is 0 Å². The van der Waals surface area contributed by atoms with Crippen LogP contribution in [0.5, 0.6) is 0 Å². The van der Waals surface area contributed by atoms with Gasteiger partial charge in [0.05, 0.1) is 5.66 Å². The van der Waals surface area contributed by atoms with Gasteiger partial charge in [-0.15, -0.1) is 0 Å². The third-order valence-corrected chi connectivity index (χ3v) is 4.42. The first-order valence-corrected chi connectivity index (χ1v) is 6.81. The molecule has 2 aliphatic rings. The molecule has 1 N–H and O–H groups in total. The van der Waals surface area contributed by atoms with E-state index in [-0.39, 0.29) is 5.66 Å². The third kappa shape index (κ3) is 2.27. The maximum absolute atomic E-state index is 3.78. The van der Waals surface area contributed by atoms with Gasteiger partial charge in [-0.1, -0.05) is 6.42 Å². The average molecular weight is 225 g/mol. The molecular formula is C13H27N3. The number of rotatable bonds is 2. The van der Waals surface area contributed by atoms with Crippen LogP contribution in [0.4, 0.5) is 0 Å². The fourth-order valence-corrected chi connectivity index (χ4v) is 3.48. The Morgan fingerprint density at radius 1 is 1.12 bits per heavy atom. The van der Waals surface area contributed by atoms with Gasteiger partial charge in [0, 0.05) is 6.04 Å². The predicted octanol–water partition coefficient (Wildman–Crippen LogP) is 1.50. The Labute approximate surface area is 100 Å². The molecule has 2 aliphatic heterocycles. The zero-order valence-corrected chi connectivity index (χ0v) is 11.1. The van der Waals surface area contributed by atoms with Crippen LogP contribution in [0, 0.1) is 0 Å². The maximum atomic E-state index is 3.78. The van der Waals surface area contributed by atoms with E-state index in [2.05, 4.69) is 36.1 Å². The Bertz CT molecular complexity index is 223. The lowest BCUT2D eigenvalue weighted by molar-refractivity contribution is -0.0313. The third-order valence-electron chi connectivity index (χ3n) is 4.42. The summed E-state index contributed by atoms with van der Waals surface area (Å²) in [6.45, 7) is 6.13. The highest BCUT2D eigenvalue weighted by Crippen LogP contribution is 2.29. The smallest absolute Gasteiger partial charge is 0.0843 e. The van der Waals surface area contributed by atoms with Crippen LogP contribution >= 0.6 is 0 Å². The first kappa shape index (κ1) is 12.3. The Morgan fingerprint density at radius 3 is 2.44 bits per heavy atom. The molecule has 0 spiro atoms. The summed E-state index contributed by atoms with van der Waals surface area (Å²) in [5.41, 5.74) is 0.197. The number of piperidine rings is 2. The summed E-state index contributed by atoms with van der Waals surface area (Å²) in [5, 5.41) is 3.78. The van der Waals surface area contributed by atoms with Gasteiger partial charge >= 0.3 is 0 Å². The van der Waals surface area contributed by atoms with E-state index in [0.717, 1.165) is 0 Å². The molecule has 2 rings (SSSR count). The number of likely N-dealkylation sites (tertiary alicyclic amines) is 1. The normalized spacial score (nSPS) is 37.9. The van der Waals surface area contributed by atoms with Crippen LogP contribution in [-0.4, -0.2) is 55.2 Å². The van der Waals surface area contributed by atoms with E-state index in [0.29, 0.717) is 6.04 Å². The SMILES string of the molecule is CN(C)C1CCCNC1(C)N1CCCCC1. The first-order chi connectivity index (χ1) is 7.64. The van der Waals surface area contributed by atoms with Crippen molar-refractivity contribution in [1.82, 2.24) is 15.1 Å².